The molecule has 1 N–H and O–H groups in total. The third kappa shape index (κ3) is 4.17. The van der Waals surface area contributed by atoms with Crippen molar-refractivity contribution < 1.29 is 9.47 Å². The van der Waals surface area contributed by atoms with Gasteiger partial charge in [-0.1, -0.05) is 20.8 Å². The first-order valence-electron chi connectivity index (χ1n) is 7.86. The molecule has 0 saturated carbocycles. The van der Waals surface area contributed by atoms with E-state index in [1.54, 1.807) is 0 Å². The molecule has 2 fully saturated rings. The SMILES string of the molecule is C[C@H]1CC(NC[C@H]2CCO[C@@H]2C(C)(C)C)C[C@H](C)O1. The molecule has 4 atom stereocenters. The van der Waals surface area contributed by atoms with Crippen molar-refractivity contribution in [1.29, 1.82) is 0 Å². The van der Waals surface area contributed by atoms with Crippen molar-refractivity contribution in [2.45, 2.75) is 78.2 Å². The first-order chi connectivity index (χ1) is 8.86. The second-order valence-electron chi connectivity index (χ2n) is 7.54. The minimum Gasteiger partial charge on any atom is -0.377 e. The number of hydrogen-bond acceptors (Lipinski definition) is 3. The van der Waals surface area contributed by atoms with Gasteiger partial charge in [-0.2, -0.15) is 0 Å². The number of ether oxygens (including phenoxy) is 2. The Labute approximate surface area is 118 Å². The molecule has 0 aromatic heterocycles. The lowest BCUT2D eigenvalue weighted by Gasteiger charge is -2.35. The maximum Gasteiger partial charge on any atom is 0.0664 e. The van der Waals surface area contributed by atoms with E-state index in [9.17, 15) is 0 Å². The van der Waals surface area contributed by atoms with E-state index >= 15 is 0 Å². The van der Waals surface area contributed by atoms with Gasteiger partial charge in [-0.25, -0.2) is 0 Å². The molecule has 3 nitrogen and oxygen atoms in total. The lowest BCUT2D eigenvalue weighted by molar-refractivity contribution is -0.0439. The van der Waals surface area contributed by atoms with Crippen LogP contribution in [0.25, 0.3) is 0 Å². The van der Waals surface area contributed by atoms with Gasteiger partial charge in [-0.05, 0) is 38.5 Å². The highest BCUT2D eigenvalue weighted by Crippen LogP contribution is 2.34. The van der Waals surface area contributed by atoms with E-state index in [1.807, 2.05) is 0 Å². The zero-order valence-corrected chi connectivity index (χ0v) is 13.2. The number of hydrogen-bond donors (Lipinski definition) is 1. The van der Waals surface area contributed by atoms with Gasteiger partial charge in [0.05, 0.1) is 18.3 Å². The summed E-state index contributed by atoms with van der Waals surface area (Å²) >= 11 is 0. The van der Waals surface area contributed by atoms with Crippen LogP contribution in [0.4, 0.5) is 0 Å². The van der Waals surface area contributed by atoms with E-state index < -0.39 is 0 Å². The number of nitrogens with one attached hydrogen (secondary N) is 1. The molecule has 3 heteroatoms. The molecule has 2 saturated heterocycles. The third-order valence-electron chi connectivity index (χ3n) is 4.43. The van der Waals surface area contributed by atoms with E-state index in [1.165, 1.54) is 6.42 Å². The van der Waals surface area contributed by atoms with Gasteiger partial charge in [-0.3, -0.25) is 0 Å². The first kappa shape index (κ1) is 15.3. The molecule has 2 aliphatic rings. The van der Waals surface area contributed by atoms with E-state index in [4.69, 9.17) is 9.47 Å². The Balaban J connectivity index is 1.81. The average molecular weight is 269 g/mol. The summed E-state index contributed by atoms with van der Waals surface area (Å²) in [6, 6.07) is 0.611. The molecule has 19 heavy (non-hydrogen) atoms. The molecule has 0 aromatic carbocycles. The Bertz CT molecular complexity index is 277. The van der Waals surface area contributed by atoms with Gasteiger partial charge in [0, 0.05) is 25.1 Å². The van der Waals surface area contributed by atoms with Crippen molar-refractivity contribution in [2.75, 3.05) is 13.2 Å². The Morgan fingerprint density at radius 3 is 2.32 bits per heavy atom. The van der Waals surface area contributed by atoms with Crippen LogP contribution >= 0.6 is 0 Å². The molecule has 0 aliphatic carbocycles. The summed E-state index contributed by atoms with van der Waals surface area (Å²) in [6.45, 7) is 13.2. The Hall–Kier alpha value is -0.120. The molecule has 0 bridgehead atoms. The van der Waals surface area contributed by atoms with Crippen molar-refractivity contribution in [2.24, 2.45) is 11.3 Å². The lowest BCUT2D eigenvalue weighted by atomic mass is 9.81. The van der Waals surface area contributed by atoms with Crippen LogP contribution in [0.15, 0.2) is 0 Å². The average Bonchev–Trinajstić information content (AvgIpc) is 2.72. The van der Waals surface area contributed by atoms with E-state index in [0.29, 0.717) is 30.3 Å². The van der Waals surface area contributed by atoms with Crippen molar-refractivity contribution in [1.82, 2.24) is 5.32 Å². The summed E-state index contributed by atoms with van der Waals surface area (Å²) in [5.74, 6) is 0.661. The fraction of sp³-hybridized carbons (Fsp3) is 1.00. The van der Waals surface area contributed by atoms with Gasteiger partial charge in [0.15, 0.2) is 0 Å². The molecular weight excluding hydrogens is 238 g/mol. The van der Waals surface area contributed by atoms with Gasteiger partial charge < -0.3 is 14.8 Å². The van der Waals surface area contributed by atoms with Crippen LogP contribution in [-0.4, -0.2) is 37.5 Å². The molecule has 0 aromatic rings. The highest BCUT2D eigenvalue weighted by molar-refractivity contribution is 4.88. The van der Waals surface area contributed by atoms with Gasteiger partial charge in [0.25, 0.3) is 0 Å². The summed E-state index contributed by atoms with van der Waals surface area (Å²) < 4.78 is 11.7. The molecule has 2 heterocycles. The minimum absolute atomic E-state index is 0.249. The standard InChI is InChI=1S/C16H31NO2/c1-11-8-14(9-12(2)19-11)17-10-13-6-7-18-15(13)16(3,4)5/h11-15,17H,6-10H2,1-5H3/t11-,12-,13+,15-/m0/s1. The van der Waals surface area contributed by atoms with Crippen molar-refractivity contribution in [3.8, 4) is 0 Å². The van der Waals surface area contributed by atoms with Gasteiger partial charge in [0.1, 0.15) is 0 Å². The van der Waals surface area contributed by atoms with Crippen LogP contribution in [0, 0.1) is 11.3 Å². The summed E-state index contributed by atoms with van der Waals surface area (Å²) in [7, 11) is 0. The second-order valence-corrected chi connectivity index (χ2v) is 7.54. The second kappa shape index (κ2) is 6.11. The molecule has 112 valence electrons. The van der Waals surface area contributed by atoms with Crippen molar-refractivity contribution >= 4 is 0 Å². The van der Waals surface area contributed by atoms with Gasteiger partial charge in [0.2, 0.25) is 0 Å². The molecule has 0 unspecified atom stereocenters. The first-order valence-corrected chi connectivity index (χ1v) is 7.86. The fourth-order valence-electron chi connectivity index (χ4n) is 3.69. The van der Waals surface area contributed by atoms with Crippen molar-refractivity contribution in [3.63, 3.8) is 0 Å². The van der Waals surface area contributed by atoms with E-state index in [-0.39, 0.29) is 5.41 Å². The topological polar surface area (TPSA) is 30.5 Å². The van der Waals surface area contributed by atoms with Crippen LogP contribution in [0.1, 0.15) is 53.9 Å². The van der Waals surface area contributed by atoms with Crippen molar-refractivity contribution in [3.05, 3.63) is 0 Å². The summed E-state index contributed by atoms with van der Waals surface area (Å²) in [5, 5.41) is 3.77. The highest BCUT2D eigenvalue weighted by Gasteiger charge is 2.37. The molecule has 0 spiro atoms. The predicted molar refractivity (Wildman–Crippen MR) is 78.3 cm³/mol. The Morgan fingerprint density at radius 2 is 1.74 bits per heavy atom. The van der Waals surface area contributed by atoms with E-state index in [2.05, 4.69) is 39.9 Å². The normalized spacial score (nSPS) is 40.6. The van der Waals surface area contributed by atoms with Crippen LogP contribution in [0.3, 0.4) is 0 Å². The smallest absolute Gasteiger partial charge is 0.0664 e. The molecule has 0 amide bonds. The van der Waals surface area contributed by atoms with Crippen LogP contribution in [0.2, 0.25) is 0 Å². The maximum absolute atomic E-state index is 5.95. The predicted octanol–water partition coefficient (Wildman–Crippen LogP) is 2.98. The Kier molecular flexibility index (Phi) is 4.91. The maximum atomic E-state index is 5.95. The van der Waals surface area contributed by atoms with Crippen LogP contribution in [-0.2, 0) is 9.47 Å². The third-order valence-corrected chi connectivity index (χ3v) is 4.43. The largest absolute Gasteiger partial charge is 0.377 e. The van der Waals surface area contributed by atoms with Crippen LogP contribution < -0.4 is 5.32 Å². The molecule has 2 aliphatic heterocycles. The van der Waals surface area contributed by atoms with E-state index in [0.717, 1.165) is 26.0 Å². The fourth-order valence-corrected chi connectivity index (χ4v) is 3.69. The Morgan fingerprint density at radius 1 is 1.11 bits per heavy atom. The summed E-state index contributed by atoms with van der Waals surface area (Å²) in [4.78, 5) is 0. The highest BCUT2D eigenvalue weighted by atomic mass is 16.5. The monoisotopic (exact) mass is 269 g/mol. The lowest BCUT2D eigenvalue weighted by Crippen LogP contribution is -2.45. The van der Waals surface area contributed by atoms with Crippen LogP contribution in [0.5, 0.6) is 0 Å². The van der Waals surface area contributed by atoms with Gasteiger partial charge >= 0.3 is 0 Å². The molecular formula is C16H31NO2. The zero-order chi connectivity index (χ0) is 14.0. The molecule has 0 radical (unpaired) electrons. The quantitative estimate of drug-likeness (QED) is 0.854. The molecule has 2 rings (SSSR count). The van der Waals surface area contributed by atoms with Gasteiger partial charge in [-0.15, -0.1) is 0 Å². The summed E-state index contributed by atoms with van der Waals surface area (Å²) in [6.07, 6.45) is 4.65. The number of rotatable bonds is 3. The summed E-state index contributed by atoms with van der Waals surface area (Å²) in [5.41, 5.74) is 0.249. The minimum atomic E-state index is 0.249. The zero-order valence-electron chi connectivity index (χ0n) is 13.2.